The summed E-state index contributed by atoms with van der Waals surface area (Å²) < 4.78 is 1.47. The lowest BCUT2D eigenvalue weighted by Gasteiger charge is -2.47. The van der Waals surface area contributed by atoms with Gasteiger partial charge in [0.2, 0.25) is 0 Å². The highest BCUT2D eigenvalue weighted by Crippen LogP contribution is 2.33. The van der Waals surface area contributed by atoms with Crippen molar-refractivity contribution in [1.29, 1.82) is 0 Å². The highest BCUT2D eigenvalue weighted by Gasteiger charge is 2.41. The maximum atomic E-state index is 12.1. The van der Waals surface area contributed by atoms with Gasteiger partial charge in [0.1, 0.15) is 0 Å². The van der Waals surface area contributed by atoms with E-state index >= 15 is 0 Å². The van der Waals surface area contributed by atoms with Gasteiger partial charge in [0.25, 0.3) is 5.56 Å². The van der Waals surface area contributed by atoms with E-state index in [1.807, 2.05) is 0 Å². The van der Waals surface area contributed by atoms with E-state index in [0.717, 1.165) is 32.5 Å². The molecule has 2 saturated heterocycles. The summed E-state index contributed by atoms with van der Waals surface area (Å²) in [7, 11) is 2.14. The second-order valence-electron chi connectivity index (χ2n) is 7.17. The van der Waals surface area contributed by atoms with Gasteiger partial charge in [-0.05, 0) is 46.3 Å². The molecule has 2 atom stereocenters. The third-order valence-electron chi connectivity index (χ3n) is 5.42. The zero-order valence-corrected chi connectivity index (χ0v) is 13.9. The fraction of sp³-hybridized carbons (Fsp3) is 0.750. The molecule has 0 aromatic carbocycles. The van der Waals surface area contributed by atoms with Crippen LogP contribution in [0.15, 0.2) is 21.9 Å². The first-order chi connectivity index (χ1) is 10.9. The summed E-state index contributed by atoms with van der Waals surface area (Å²) in [6, 6.07) is 1.50. The number of aliphatic hydroxyl groups is 1. The molecule has 3 heterocycles. The summed E-state index contributed by atoms with van der Waals surface area (Å²) in [5.74, 6) is 0. The van der Waals surface area contributed by atoms with Gasteiger partial charge in [-0.15, -0.1) is 0 Å². The van der Waals surface area contributed by atoms with Gasteiger partial charge in [-0.1, -0.05) is 0 Å². The van der Waals surface area contributed by atoms with Gasteiger partial charge >= 0.3 is 5.69 Å². The molecular formula is C16H26N4O3. The molecule has 0 spiro atoms. The molecule has 0 radical (unpaired) electrons. The van der Waals surface area contributed by atoms with Crippen LogP contribution in [0, 0.1) is 0 Å². The number of nitrogens with zero attached hydrogens (tertiary/aromatic N) is 3. The summed E-state index contributed by atoms with van der Waals surface area (Å²) >= 11 is 0. The molecule has 0 aliphatic carbocycles. The molecule has 0 saturated carbocycles. The van der Waals surface area contributed by atoms with Crippen molar-refractivity contribution in [3.63, 3.8) is 0 Å². The predicted molar refractivity (Wildman–Crippen MR) is 87.7 cm³/mol. The van der Waals surface area contributed by atoms with Crippen LogP contribution in [0.2, 0.25) is 0 Å². The number of aromatic nitrogens is 2. The predicted octanol–water partition coefficient (Wildman–Crippen LogP) is -0.371. The SMILES string of the molecule is CN1CCC(N2CC[C@@](C)(O)[C@H](n3ccc(=O)[nH]c3=O)C2)CC1. The molecule has 0 bridgehead atoms. The number of hydrogen-bond acceptors (Lipinski definition) is 5. The minimum absolute atomic E-state index is 0.347. The molecule has 1 aromatic heterocycles. The summed E-state index contributed by atoms with van der Waals surface area (Å²) in [5.41, 5.74) is -1.81. The van der Waals surface area contributed by atoms with Crippen LogP contribution in [-0.4, -0.2) is 69.3 Å². The van der Waals surface area contributed by atoms with Crippen molar-refractivity contribution in [2.45, 2.75) is 43.9 Å². The largest absolute Gasteiger partial charge is 0.388 e. The second-order valence-corrected chi connectivity index (χ2v) is 7.17. The van der Waals surface area contributed by atoms with Gasteiger partial charge < -0.3 is 10.0 Å². The lowest BCUT2D eigenvalue weighted by atomic mass is 9.86. The van der Waals surface area contributed by atoms with Crippen LogP contribution in [0.25, 0.3) is 0 Å². The van der Waals surface area contributed by atoms with E-state index in [0.29, 0.717) is 19.0 Å². The Morgan fingerprint density at radius 2 is 1.96 bits per heavy atom. The molecular weight excluding hydrogens is 296 g/mol. The van der Waals surface area contributed by atoms with Crippen molar-refractivity contribution >= 4 is 0 Å². The van der Waals surface area contributed by atoms with Crippen LogP contribution >= 0.6 is 0 Å². The summed E-state index contributed by atoms with van der Waals surface area (Å²) in [6.45, 7) is 5.42. The number of hydrogen-bond donors (Lipinski definition) is 2. The van der Waals surface area contributed by atoms with Crippen molar-refractivity contribution in [1.82, 2.24) is 19.4 Å². The van der Waals surface area contributed by atoms with E-state index in [1.54, 1.807) is 6.92 Å². The molecule has 3 rings (SSSR count). The Kier molecular flexibility index (Phi) is 4.44. The van der Waals surface area contributed by atoms with Crippen molar-refractivity contribution in [3.05, 3.63) is 33.1 Å². The average Bonchev–Trinajstić information content (AvgIpc) is 2.49. The van der Waals surface area contributed by atoms with Crippen LogP contribution in [0.4, 0.5) is 0 Å². The van der Waals surface area contributed by atoms with Crippen LogP contribution < -0.4 is 11.2 Å². The van der Waals surface area contributed by atoms with Crippen molar-refractivity contribution in [2.75, 3.05) is 33.2 Å². The van der Waals surface area contributed by atoms with E-state index in [1.165, 1.54) is 16.8 Å². The Labute approximate surface area is 135 Å². The monoisotopic (exact) mass is 322 g/mol. The van der Waals surface area contributed by atoms with Crippen molar-refractivity contribution in [3.8, 4) is 0 Å². The van der Waals surface area contributed by atoms with Gasteiger partial charge in [0.15, 0.2) is 0 Å². The zero-order chi connectivity index (χ0) is 16.6. The van der Waals surface area contributed by atoms with Gasteiger partial charge in [0, 0.05) is 31.4 Å². The average molecular weight is 322 g/mol. The minimum Gasteiger partial charge on any atom is -0.388 e. The maximum absolute atomic E-state index is 12.1. The molecule has 7 heteroatoms. The molecule has 2 N–H and O–H groups in total. The number of rotatable bonds is 2. The Morgan fingerprint density at radius 1 is 1.26 bits per heavy atom. The fourth-order valence-corrected chi connectivity index (χ4v) is 3.80. The standard InChI is InChI=1S/C16H26N4O3/c1-16(23)6-10-19(12-3-7-18(2)8-4-12)11-13(16)20-9-5-14(21)17-15(20)22/h5,9,12-13,23H,3-4,6-8,10-11H2,1-2H3,(H,17,21,22)/t13-,16-/m1/s1. The van der Waals surface area contributed by atoms with E-state index < -0.39 is 16.9 Å². The second kappa shape index (κ2) is 6.22. The molecule has 128 valence electrons. The van der Waals surface area contributed by atoms with Gasteiger partial charge in [-0.2, -0.15) is 0 Å². The van der Waals surface area contributed by atoms with E-state index in [9.17, 15) is 14.7 Å². The molecule has 1 aromatic rings. The van der Waals surface area contributed by atoms with Crippen LogP contribution in [0.1, 0.15) is 32.2 Å². The van der Waals surface area contributed by atoms with E-state index in [2.05, 4.69) is 21.8 Å². The quantitative estimate of drug-likeness (QED) is 0.776. The topological polar surface area (TPSA) is 81.6 Å². The number of piperidine rings is 2. The summed E-state index contributed by atoms with van der Waals surface area (Å²) in [5, 5.41) is 10.8. The number of aromatic amines is 1. The molecule has 2 aliphatic heterocycles. The Bertz CT molecular complexity index is 658. The third kappa shape index (κ3) is 3.41. The number of nitrogens with one attached hydrogen (secondary N) is 1. The number of H-pyrrole nitrogens is 1. The summed E-state index contributed by atoms with van der Waals surface area (Å²) in [6.07, 6.45) is 4.35. The van der Waals surface area contributed by atoms with Gasteiger partial charge in [-0.3, -0.25) is 19.2 Å². The van der Waals surface area contributed by atoms with E-state index in [4.69, 9.17) is 0 Å². The molecule has 0 amide bonds. The van der Waals surface area contributed by atoms with Gasteiger partial charge in [-0.25, -0.2) is 4.79 Å². The Morgan fingerprint density at radius 3 is 2.61 bits per heavy atom. The molecule has 0 unspecified atom stereocenters. The first kappa shape index (κ1) is 16.4. The first-order valence-corrected chi connectivity index (χ1v) is 8.33. The molecule has 23 heavy (non-hydrogen) atoms. The first-order valence-electron chi connectivity index (χ1n) is 8.33. The van der Waals surface area contributed by atoms with Crippen molar-refractivity contribution in [2.24, 2.45) is 0 Å². The highest BCUT2D eigenvalue weighted by atomic mass is 16.3. The zero-order valence-electron chi connectivity index (χ0n) is 13.9. The maximum Gasteiger partial charge on any atom is 0.328 e. The van der Waals surface area contributed by atoms with E-state index in [-0.39, 0.29) is 6.04 Å². The van der Waals surface area contributed by atoms with Crippen LogP contribution in [-0.2, 0) is 0 Å². The molecule has 2 aliphatic rings. The summed E-state index contributed by atoms with van der Waals surface area (Å²) in [4.78, 5) is 30.4. The van der Waals surface area contributed by atoms with Crippen LogP contribution in [0.3, 0.4) is 0 Å². The Hall–Kier alpha value is -1.44. The third-order valence-corrected chi connectivity index (χ3v) is 5.42. The lowest BCUT2D eigenvalue weighted by molar-refractivity contribution is -0.0665. The number of likely N-dealkylation sites (tertiary alicyclic amines) is 2. The fourth-order valence-electron chi connectivity index (χ4n) is 3.80. The van der Waals surface area contributed by atoms with Gasteiger partial charge in [0.05, 0.1) is 11.6 Å². The Balaban J connectivity index is 1.82. The van der Waals surface area contributed by atoms with Crippen LogP contribution in [0.5, 0.6) is 0 Å². The molecule has 2 fully saturated rings. The minimum atomic E-state index is -0.954. The normalized spacial score (nSPS) is 31.3. The molecule has 7 nitrogen and oxygen atoms in total. The smallest absolute Gasteiger partial charge is 0.328 e. The highest BCUT2D eigenvalue weighted by molar-refractivity contribution is 4.99. The lowest BCUT2D eigenvalue weighted by Crippen LogP contribution is -2.57. The van der Waals surface area contributed by atoms with Crippen molar-refractivity contribution < 1.29 is 5.11 Å².